The Bertz CT molecular complexity index is 3820. The van der Waals surface area contributed by atoms with E-state index in [-0.39, 0.29) is 0 Å². The van der Waals surface area contributed by atoms with E-state index in [4.69, 9.17) is 0 Å². The summed E-state index contributed by atoms with van der Waals surface area (Å²) in [7, 11) is -2.96. The number of aromatic nitrogens is 2. The molecule has 2 heterocycles. The smallest absolute Gasteiger partial charge is 0.179 e. The number of hydrogen-bond donors (Lipinski definition) is 0. The maximum atomic E-state index is 2.56. The van der Waals surface area contributed by atoms with Gasteiger partial charge in [-0.25, -0.2) is 0 Å². The van der Waals surface area contributed by atoms with Crippen molar-refractivity contribution < 1.29 is 0 Å². The zero-order valence-corrected chi connectivity index (χ0v) is 39.0. The van der Waals surface area contributed by atoms with Crippen LogP contribution in [0.25, 0.3) is 88.4 Å². The summed E-state index contributed by atoms with van der Waals surface area (Å²) in [5, 5.41) is 10.3. The summed E-state index contributed by atoms with van der Waals surface area (Å²) in [5.74, 6) is 0. The van der Waals surface area contributed by atoms with E-state index in [1.54, 1.807) is 0 Å². The predicted octanol–water partition coefficient (Wildman–Crippen LogP) is 14.3. The van der Waals surface area contributed by atoms with Crippen molar-refractivity contribution in [3.63, 3.8) is 0 Å². The van der Waals surface area contributed by atoms with Crippen LogP contribution in [-0.2, 0) is 0 Å². The average Bonchev–Trinajstić information content (AvgIpc) is 3.95. The molecule has 0 aliphatic carbocycles. The standard InChI is InChI=1S/C66H46N2Si/c1-7-24-47(25-8-1)58-45-54(69(51-30-13-4-14-31-51,52-32-15-5-16-33-52)53-34-17-6-18-35-53)46-59(48-26-9-2-10-27-48)66(58)68-61-39-21-19-36-56(61)60-44-49(42-43-63(60)68)55-38-23-41-64-65(55)57-37-20-22-40-62(57)67(64)50-28-11-3-12-29-50/h1-46H. The monoisotopic (exact) mass is 894 g/mol. The molecule has 2 aromatic heterocycles. The Hall–Kier alpha value is -8.76. The zero-order chi connectivity index (χ0) is 45.7. The van der Waals surface area contributed by atoms with E-state index in [1.165, 1.54) is 103 Å². The molecule has 0 radical (unpaired) electrons. The molecular weight excluding hydrogens is 849 g/mol. The summed E-state index contributed by atoms with van der Waals surface area (Å²) >= 11 is 0. The van der Waals surface area contributed by atoms with E-state index in [1.807, 2.05) is 0 Å². The van der Waals surface area contributed by atoms with Gasteiger partial charge in [0.15, 0.2) is 8.07 Å². The first kappa shape index (κ1) is 40.5. The lowest BCUT2D eigenvalue weighted by atomic mass is 9.95. The van der Waals surface area contributed by atoms with Gasteiger partial charge in [0, 0.05) is 38.4 Å². The third kappa shape index (κ3) is 6.54. The van der Waals surface area contributed by atoms with Crippen molar-refractivity contribution in [1.82, 2.24) is 9.13 Å². The molecule has 3 heteroatoms. The second-order valence-corrected chi connectivity index (χ2v) is 21.8. The van der Waals surface area contributed by atoms with Crippen LogP contribution < -0.4 is 20.7 Å². The third-order valence-electron chi connectivity index (χ3n) is 14.3. The van der Waals surface area contributed by atoms with Crippen LogP contribution in [0.4, 0.5) is 0 Å². The van der Waals surface area contributed by atoms with Gasteiger partial charge in [0.25, 0.3) is 0 Å². The Kier molecular flexibility index (Phi) is 9.88. The molecule has 2 nitrogen and oxygen atoms in total. The minimum absolute atomic E-state index is 1.16. The zero-order valence-electron chi connectivity index (χ0n) is 38.0. The highest BCUT2D eigenvalue weighted by molar-refractivity contribution is 7.20. The van der Waals surface area contributed by atoms with Gasteiger partial charge >= 0.3 is 0 Å². The molecule has 324 valence electrons. The molecular formula is C66H46N2Si. The van der Waals surface area contributed by atoms with E-state index in [9.17, 15) is 0 Å². The summed E-state index contributed by atoms with van der Waals surface area (Å²) in [6.07, 6.45) is 0. The topological polar surface area (TPSA) is 9.86 Å². The Balaban J connectivity index is 1.13. The number of para-hydroxylation sites is 3. The third-order valence-corrected chi connectivity index (χ3v) is 19.0. The lowest BCUT2D eigenvalue weighted by Gasteiger charge is -2.36. The van der Waals surface area contributed by atoms with Gasteiger partial charge in [-0.15, -0.1) is 0 Å². The van der Waals surface area contributed by atoms with Crippen molar-refractivity contribution >= 4 is 72.4 Å². The molecule has 0 spiro atoms. The summed E-state index contributed by atoms with van der Waals surface area (Å²) < 4.78 is 4.96. The highest BCUT2D eigenvalue weighted by Crippen LogP contribution is 2.44. The van der Waals surface area contributed by atoms with Crippen molar-refractivity contribution in [2.75, 3.05) is 0 Å². The molecule has 0 amide bonds. The fourth-order valence-corrected chi connectivity index (χ4v) is 16.1. The lowest BCUT2D eigenvalue weighted by molar-refractivity contribution is 1.18. The second kappa shape index (κ2) is 16.8. The van der Waals surface area contributed by atoms with Gasteiger partial charge < -0.3 is 9.13 Å². The highest BCUT2D eigenvalue weighted by atomic mass is 28.3. The molecule has 0 unspecified atom stereocenters. The van der Waals surface area contributed by atoms with Crippen molar-refractivity contribution in [2.45, 2.75) is 0 Å². The molecule has 13 rings (SSSR count). The average molecular weight is 895 g/mol. The second-order valence-electron chi connectivity index (χ2n) is 18.0. The van der Waals surface area contributed by atoms with Crippen LogP contribution in [0, 0.1) is 0 Å². The first-order chi connectivity index (χ1) is 34.3. The van der Waals surface area contributed by atoms with Gasteiger partial charge in [0.05, 0.1) is 27.8 Å². The van der Waals surface area contributed by atoms with Crippen LogP contribution >= 0.6 is 0 Å². The predicted molar refractivity (Wildman–Crippen MR) is 295 cm³/mol. The Morgan fingerprint density at radius 2 is 0.681 bits per heavy atom. The van der Waals surface area contributed by atoms with Crippen LogP contribution in [0.2, 0.25) is 0 Å². The van der Waals surface area contributed by atoms with Crippen LogP contribution in [0.1, 0.15) is 0 Å². The highest BCUT2D eigenvalue weighted by Gasteiger charge is 2.42. The van der Waals surface area contributed by atoms with Crippen molar-refractivity contribution in [2.24, 2.45) is 0 Å². The Morgan fingerprint density at radius 3 is 1.23 bits per heavy atom. The first-order valence-corrected chi connectivity index (χ1v) is 25.8. The van der Waals surface area contributed by atoms with Gasteiger partial charge in [-0.05, 0) is 85.5 Å². The molecule has 0 N–H and O–H groups in total. The van der Waals surface area contributed by atoms with E-state index < -0.39 is 8.07 Å². The SMILES string of the molecule is c1ccc(-c2cc([Si](c3ccccc3)(c3ccccc3)c3ccccc3)cc(-c3ccccc3)c2-n2c3ccccc3c3cc(-c4cccc5c4c4ccccc4n5-c4ccccc4)ccc32)cc1. The Morgan fingerprint density at radius 1 is 0.246 bits per heavy atom. The molecule has 0 atom stereocenters. The number of hydrogen-bond acceptors (Lipinski definition) is 0. The lowest BCUT2D eigenvalue weighted by Crippen LogP contribution is -2.74. The largest absolute Gasteiger partial charge is 0.309 e. The molecule has 13 aromatic rings. The van der Waals surface area contributed by atoms with Gasteiger partial charge in [-0.2, -0.15) is 0 Å². The molecule has 0 aliphatic heterocycles. The maximum Gasteiger partial charge on any atom is 0.179 e. The van der Waals surface area contributed by atoms with E-state index >= 15 is 0 Å². The fourth-order valence-electron chi connectivity index (χ4n) is 11.3. The van der Waals surface area contributed by atoms with Gasteiger partial charge in [0.2, 0.25) is 0 Å². The summed E-state index contributed by atoms with van der Waals surface area (Å²) in [6.45, 7) is 0. The fraction of sp³-hybridized carbons (Fsp3) is 0. The van der Waals surface area contributed by atoms with E-state index in [0.29, 0.717) is 0 Å². The van der Waals surface area contributed by atoms with Crippen molar-refractivity contribution in [3.05, 3.63) is 279 Å². The number of fused-ring (bicyclic) bond motifs is 6. The minimum Gasteiger partial charge on any atom is -0.309 e. The van der Waals surface area contributed by atoms with E-state index in [0.717, 1.165) is 5.69 Å². The van der Waals surface area contributed by atoms with Gasteiger partial charge in [-0.1, -0.05) is 237 Å². The van der Waals surface area contributed by atoms with Crippen LogP contribution in [0.5, 0.6) is 0 Å². The quantitative estimate of drug-likeness (QED) is 0.101. The van der Waals surface area contributed by atoms with E-state index in [2.05, 4.69) is 288 Å². The first-order valence-electron chi connectivity index (χ1n) is 23.8. The van der Waals surface area contributed by atoms with Gasteiger partial charge in [0.1, 0.15) is 0 Å². The maximum absolute atomic E-state index is 2.96. The Labute approximate surface area is 403 Å². The number of rotatable bonds is 9. The summed E-state index contributed by atoms with van der Waals surface area (Å²) in [5.41, 5.74) is 14.2. The van der Waals surface area contributed by atoms with Gasteiger partial charge in [-0.3, -0.25) is 0 Å². The molecule has 0 saturated carbocycles. The molecule has 0 bridgehead atoms. The molecule has 0 saturated heterocycles. The molecule has 0 fully saturated rings. The minimum atomic E-state index is -2.96. The molecule has 0 aliphatic rings. The normalized spacial score (nSPS) is 11.8. The van der Waals surface area contributed by atoms with Crippen molar-refractivity contribution in [1.29, 1.82) is 0 Å². The van der Waals surface area contributed by atoms with Crippen molar-refractivity contribution in [3.8, 4) is 44.8 Å². The summed E-state index contributed by atoms with van der Waals surface area (Å²) in [6, 6.07) is 104. The molecule has 69 heavy (non-hydrogen) atoms. The molecule has 11 aromatic carbocycles. The summed E-state index contributed by atoms with van der Waals surface area (Å²) in [4.78, 5) is 0. The van der Waals surface area contributed by atoms with Crippen LogP contribution in [-0.4, -0.2) is 17.2 Å². The van der Waals surface area contributed by atoms with Crippen LogP contribution in [0.15, 0.2) is 279 Å². The number of benzene rings is 11. The number of nitrogens with zero attached hydrogens (tertiary/aromatic N) is 2. The van der Waals surface area contributed by atoms with Crippen LogP contribution in [0.3, 0.4) is 0 Å².